The normalized spacial score (nSPS) is 17.4. The zero-order valence-corrected chi connectivity index (χ0v) is 9.36. The molecular formula is C12H14O4. The summed E-state index contributed by atoms with van der Waals surface area (Å²) < 4.78 is 15.5. The van der Waals surface area contributed by atoms with Crippen LogP contribution in [0.15, 0.2) is 18.2 Å². The number of rotatable bonds is 4. The maximum absolute atomic E-state index is 11.2. The molecule has 0 bridgehead atoms. The van der Waals surface area contributed by atoms with E-state index in [0.717, 1.165) is 11.8 Å². The molecule has 0 amide bonds. The van der Waals surface area contributed by atoms with E-state index in [-0.39, 0.29) is 0 Å². The van der Waals surface area contributed by atoms with Crippen LogP contribution in [0.3, 0.4) is 0 Å². The van der Waals surface area contributed by atoms with Crippen molar-refractivity contribution in [2.45, 2.75) is 5.41 Å². The molecule has 1 aromatic rings. The molecule has 0 aliphatic carbocycles. The van der Waals surface area contributed by atoms with Crippen LogP contribution in [0.2, 0.25) is 0 Å². The minimum Gasteiger partial charge on any atom is -0.497 e. The van der Waals surface area contributed by atoms with E-state index >= 15 is 0 Å². The molecule has 0 atom stereocenters. The van der Waals surface area contributed by atoms with Crippen molar-refractivity contribution in [3.05, 3.63) is 23.8 Å². The van der Waals surface area contributed by atoms with Crippen molar-refractivity contribution in [3.63, 3.8) is 0 Å². The second-order valence-corrected chi connectivity index (χ2v) is 3.83. The van der Waals surface area contributed by atoms with Crippen molar-refractivity contribution >= 4 is 6.29 Å². The fourth-order valence-electron chi connectivity index (χ4n) is 1.82. The lowest BCUT2D eigenvalue weighted by Crippen LogP contribution is -2.48. The molecule has 1 aliphatic heterocycles. The lowest BCUT2D eigenvalue weighted by Gasteiger charge is -2.37. The van der Waals surface area contributed by atoms with Crippen LogP contribution in [-0.4, -0.2) is 33.7 Å². The number of carbonyl (C=O) groups is 1. The van der Waals surface area contributed by atoms with Crippen LogP contribution in [0, 0.1) is 0 Å². The van der Waals surface area contributed by atoms with Crippen molar-refractivity contribution in [2.75, 3.05) is 27.4 Å². The van der Waals surface area contributed by atoms with E-state index in [9.17, 15) is 4.79 Å². The first kappa shape index (κ1) is 11.0. The standard InChI is InChI=1S/C12H14O4/c1-14-9-3-4-10(11(5-9)15-2)12(6-13)7-16-8-12/h3-6H,7-8H2,1-2H3. The van der Waals surface area contributed by atoms with E-state index in [1.54, 1.807) is 20.3 Å². The van der Waals surface area contributed by atoms with Gasteiger partial charge < -0.3 is 19.0 Å². The number of hydrogen-bond donors (Lipinski definition) is 0. The summed E-state index contributed by atoms with van der Waals surface area (Å²) in [5, 5.41) is 0. The van der Waals surface area contributed by atoms with Gasteiger partial charge in [-0.3, -0.25) is 0 Å². The van der Waals surface area contributed by atoms with E-state index in [0.29, 0.717) is 24.7 Å². The number of carbonyl (C=O) groups excluding carboxylic acids is 1. The Hall–Kier alpha value is -1.55. The van der Waals surface area contributed by atoms with Gasteiger partial charge in [0.15, 0.2) is 0 Å². The van der Waals surface area contributed by atoms with Crippen molar-refractivity contribution in [2.24, 2.45) is 0 Å². The Morgan fingerprint density at radius 2 is 2.06 bits per heavy atom. The van der Waals surface area contributed by atoms with E-state index in [1.807, 2.05) is 12.1 Å². The van der Waals surface area contributed by atoms with Gasteiger partial charge in [0.25, 0.3) is 0 Å². The summed E-state index contributed by atoms with van der Waals surface area (Å²) in [5.41, 5.74) is 0.314. The maximum atomic E-state index is 11.2. The minimum atomic E-state index is -0.544. The zero-order valence-electron chi connectivity index (χ0n) is 9.36. The highest BCUT2D eigenvalue weighted by atomic mass is 16.5. The quantitative estimate of drug-likeness (QED) is 0.717. The summed E-state index contributed by atoms with van der Waals surface area (Å²) in [6, 6.07) is 5.45. The summed E-state index contributed by atoms with van der Waals surface area (Å²) in [5.74, 6) is 1.37. The van der Waals surface area contributed by atoms with Gasteiger partial charge in [-0.1, -0.05) is 6.07 Å². The molecule has 0 aromatic heterocycles. The highest BCUT2D eigenvalue weighted by Gasteiger charge is 2.42. The predicted molar refractivity (Wildman–Crippen MR) is 58.1 cm³/mol. The first-order chi connectivity index (χ1) is 7.75. The lowest BCUT2D eigenvalue weighted by atomic mass is 9.79. The third-order valence-corrected chi connectivity index (χ3v) is 2.89. The smallest absolute Gasteiger partial charge is 0.135 e. The van der Waals surface area contributed by atoms with Crippen LogP contribution < -0.4 is 9.47 Å². The monoisotopic (exact) mass is 222 g/mol. The molecule has 4 heteroatoms. The van der Waals surface area contributed by atoms with Crippen LogP contribution in [0.25, 0.3) is 0 Å². The number of hydrogen-bond acceptors (Lipinski definition) is 4. The van der Waals surface area contributed by atoms with Crippen LogP contribution in [0.1, 0.15) is 5.56 Å². The molecule has 0 radical (unpaired) electrons. The third-order valence-electron chi connectivity index (χ3n) is 2.89. The average Bonchev–Trinajstić information content (AvgIpc) is 2.28. The molecule has 86 valence electrons. The van der Waals surface area contributed by atoms with Gasteiger partial charge >= 0.3 is 0 Å². The molecule has 0 unspecified atom stereocenters. The summed E-state index contributed by atoms with van der Waals surface area (Å²) in [6.45, 7) is 0.832. The molecule has 4 nitrogen and oxygen atoms in total. The van der Waals surface area contributed by atoms with Crippen molar-refractivity contribution in [3.8, 4) is 11.5 Å². The number of aldehydes is 1. The molecule has 1 aromatic carbocycles. The summed E-state index contributed by atoms with van der Waals surface area (Å²) in [4.78, 5) is 11.2. The second-order valence-electron chi connectivity index (χ2n) is 3.83. The highest BCUT2D eigenvalue weighted by molar-refractivity contribution is 5.73. The molecule has 0 spiro atoms. The van der Waals surface area contributed by atoms with E-state index in [2.05, 4.69) is 0 Å². The largest absolute Gasteiger partial charge is 0.497 e. The molecule has 1 saturated heterocycles. The van der Waals surface area contributed by atoms with Gasteiger partial charge in [-0.2, -0.15) is 0 Å². The maximum Gasteiger partial charge on any atom is 0.135 e. The highest BCUT2D eigenvalue weighted by Crippen LogP contribution is 2.38. The molecule has 16 heavy (non-hydrogen) atoms. The van der Waals surface area contributed by atoms with Gasteiger partial charge in [0.1, 0.15) is 23.2 Å². The molecular weight excluding hydrogens is 208 g/mol. The SMILES string of the molecule is COc1ccc(C2(C=O)COC2)c(OC)c1. The van der Waals surface area contributed by atoms with Crippen LogP contribution in [-0.2, 0) is 14.9 Å². The fraction of sp³-hybridized carbons (Fsp3) is 0.417. The van der Waals surface area contributed by atoms with Gasteiger partial charge in [-0.05, 0) is 6.07 Å². The molecule has 0 N–H and O–H groups in total. The zero-order chi connectivity index (χ0) is 11.6. The number of benzene rings is 1. The van der Waals surface area contributed by atoms with E-state index in [4.69, 9.17) is 14.2 Å². The van der Waals surface area contributed by atoms with Crippen molar-refractivity contribution in [1.82, 2.24) is 0 Å². The van der Waals surface area contributed by atoms with E-state index < -0.39 is 5.41 Å². The molecule has 0 saturated carbocycles. The lowest BCUT2D eigenvalue weighted by molar-refractivity contribution is -0.130. The predicted octanol–water partition coefficient (Wildman–Crippen LogP) is 1.17. The first-order valence-corrected chi connectivity index (χ1v) is 5.02. The number of ether oxygens (including phenoxy) is 3. The summed E-state index contributed by atoms with van der Waals surface area (Å²) >= 11 is 0. The first-order valence-electron chi connectivity index (χ1n) is 5.02. The third kappa shape index (κ3) is 1.55. The second kappa shape index (κ2) is 4.14. The molecule has 1 aliphatic rings. The Kier molecular flexibility index (Phi) is 2.83. The number of methoxy groups -OCH3 is 2. The molecule has 2 rings (SSSR count). The fourth-order valence-corrected chi connectivity index (χ4v) is 1.82. The Bertz CT molecular complexity index is 396. The Balaban J connectivity index is 2.43. The Morgan fingerprint density at radius 1 is 1.31 bits per heavy atom. The van der Waals surface area contributed by atoms with Gasteiger partial charge in [0, 0.05) is 11.6 Å². The summed E-state index contributed by atoms with van der Waals surface area (Å²) in [7, 11) is 3.17. The van der Waals surface area contributed by atoms with Crippen LogP contribution in [0.4, 0.5) is 0 Å². The van der Waals surface area contributed by atoms with Crippen molar-refractivity contribution < 1.29 is 19.0 Å². The minimum absolute atomic E-state index is 0.416. The average molecular weight is 222 g/mol. The Labute approximate surface area is 94.1 Å². The van der Waals surface area contributed by atoms with Gasteiger partial charge in [-0.25, -0.2) is 0 Å². The van der Waals surface area contributed by atoms with Crippen molar-refractivity contribution in [1.29, 1.82) is 0 Å². The molecule has 1 heterocycles. The van der Waals surface area contributed by atoms with Gasteiger partial charge in [0.05, 0.1) is 27.4 Å². The van der Waals surface area contributed by atoms with Crippen LogP contribution in [0.5, 0.6) is 11.5 Å². The van der Waals surface area contributed by atoms with E-state index in [1.165, 1.54) is 0 Å². The topological polar surface area (TPSA) is 44.8 Å². The van der Waals surface area contributed by atoms with Crippen LogP contribution >= 0.6 is 0 Å². The molecule has 1 fully saturated rings. The summed E-state index contributed by atoms with van der Waals surface area (Å²) in [6.07, 6.45) is 0.931. The van der Waals surface area contributed by atoms with Gasteiger partial charge in [-0.15, -0.1) is 0 Å². The Morgan fingerprint density at radius 3 is 2.50 bits per heavy atom. The van der Waals surface area contributed by atoms with Gasteiger partial charge in [0.2, 0.25) is 0 Å².